The molecular weight excluding hydrogens is 625 g/mol. The smallest absolute Gasteiger partial charge is 0.0159 e. The van der Waals surface area contributed by atoms with E-state index in [1.807, 2.05) is 0 Å². The van der Waals surface area contributed by atoms with E-state index in [0.717, 1.165) is 0 Å². The van der Waals surface area contributed by atoms with Gasteiger partial charge in [-0.1, -0.05) is 172 Å². The van der Waals surface area contributed by atoms with Gasteiger partial charge in [-0.3, -0.25) is 0 Å². The lowest BCUT2D eigenvalue weighted by atomic mass is 9.80. The summed E-state index contributed by atoms with van der Waals surface area (Å²) in [5.74, 6) is 0. The molecule has 0 radical (unpaired) electrons. The van der Waals surface area contributed by atoms with Gasteiger partial charge in [0.25, 0.3) is 0 Å². The molecule has 0 saturated carbocycles. The Labute approximate surface area is 307 Å². The van der Waals surface area contributed by atoms with Crippen LogP contribution >= 0.6 is 0 Å². The van der Waals surface area contributed by atoms with Gasteiger partial charge in [-0.05, 0) is 125 Å². The van der Waals surface area contributed by atoms with Crippen LogP contribution in [0.2, 0.25) is 0 Å². The SMILES string of the molecule is Cc1cc(C)cc(-c2c3ccccc3c(-c3cccc4c3-c3ccccc3C4(C)C)c3cc(-c4ccc5c(c4)C(C)(C)c4ccccc4-5)ccc23)c1. The monoisotopic (exact) mass is 666 g/mol. The van der Waals surface area contributed by atoms with Gasteiger partial charge in [-0.25, -0.2) is 0 Å². The molecule has 0 heterocycles. The zero-order valence-corrected chi connectivity index (χ0v) is 30.9. The summed E-state index contributed by atoms with van der Waals surface area (Å²) in [5, 5.41) is 5.17. The lowest BCUT2D eigenvalue weighted by molar-refractivity contribution is 0.660. The third kappa shape index (κ3) is 4.28. The highest BCUT2D eigenvalue weighted by molar-refractivity contribution is 6.23. The van der Waals surface area contributed by atoms with Crippen molar-refractivity contribution in [1.82, 2.24) is 0 Å². The largest absolute Gasteiger partial charge is 0.0619 e. The predicted octanol–water partition coefficient (Wildman–Crippen LogP) is 14.2. The Balaban J connectivity index is 1.31. The number of aryl methyl sites for hydroxylation is 2. The van der Waals surface area contributed by atoms with Crippen molar-refractivity contribution in [2.45, 2.75) is 52.4 Å². The van der Waals surface area contributed by atoms with Gasteiger partial charge in [0.05, 0.1) is 0 Å². The van der Waals surface area contributed by atoms with Crippen molar-refractivity contribution < 1.29 is 0 Å². The standard InChI is InChI=1S/C52H42/c1-31-26-32(2)28-35(27-31)48-38-15-7-8-16-39(38)49(42-18-13-21-46-50(42)41-17-10-12-20-45(41)51(46,3)4)43-29-33(23-25-40(43)48)34-22-24-37-36-14-9-11-19-44(36)52(5,6)47(37)30-34/h7-30H,1-6H3. The van der Waals surface area contributed by atoms with Gasteiger partial charge in [0, 0.05) is 10.8 Å². The Morgan fingerprint density at radius 3 is 1.58 bits per heavy atom. The number of fused-ring (bicyclic) bond motifs is 8. The van der Waals surface area contributed by atoms with Crippen LogP contribution in [0.15, 0.2) is 146 Å². The number of rotatable bonds is 3. The van der Waals surface area contributed by atoms with Gasteiger partial charge in [0.2, 0.25) is 0 Å². The zero-order valence-electron chi connectivity index (χ0n) is 30.9. The second-order valence-corrected chi connectivity index (χ2v) is 16.3. The molecule has 0 bridgehead atoms. The first kappa shape index (κ1) is 31.1. The van der Waals surface area contributed by atoms with Gasteiger partial charge in [0.1, 0.15) is 0 Å². The van der Waals surface area contributed by atoms with Crippen LogP contribution in [0.1, 0.15) is 61.1 Å². The van der Waals surface area contributed by atoms with E-state index in [-0.39, 0.29) is 10.8 Å². The topological polar surface area (TPSA) is 0 Å². The van der Waals surface area contributed by atoms with E-state index < -0.39 is 0 Å². The maximum Gasteiger partial charge on any atom is 0.0159 e. The first-order chi connectivity index (χ1) is 25.1. The van der Waals surface area contributed by atoms with E-state index in [4.69, 9.17) is 0 Å². The number of benzene rings is 8. The van der Waals surface area contributed by atoms with Gasteiger partial charge in [0.15, 0.2) is 0 Å². The summed E-state index contributed by atoms with van der Waals surface area (Å²) in [6.07, 6.45) is 0. The molecule has 0 saturated heterocycles. The molecule has 8 aromatic rings. The first-order valence-electron chi connectivity index (χ1n) is 18.7. The summed E-state index contributed by atoms with van der Waals surface area (Å²) in [5.41, 5.74) is 21.2. The van der Waals surface area contributed by atoms with E-state index in [2.05, 4.69) is 187 Å². The van der Waals surface area contributed by atoms with Crippen molar-refractivity contribution in [2.24, 2.45) is 0 Å². The molecule has 0 N–H and O–H groups in total. The molecule has 0 unspecified atom stereocenters. The highest BCUT2D eigenvalue weighted by Gasteiger charge is 2.38. The fraction of sp³-hybridized carbons (Fsp3) is 0.154. The number of hydrogen-bond acceptors (Lipinski definition) is 0. The average molecular weight is 667 g/mol. The van der Waals surface area contributed by atoms with Crippen LogP contribution < -0.4 is 0 Å². The molecule has 0 spiro atoms. The normalized spacial score (nSPS) is 14.7. The van der Waals surface area contributed by atoms with Crippen molar-refractivity contribution in [3.63, 3.8) is 0 Å². The van der Waals surface area contributed by atoms with E-state index in [1.165, 1.54) is 111 Å². The lowest BCUT2D eigenvalue weighted by Crippen LogP contribution is -2.14. The molecular formula is C52H42. The Hall–Kier alpha value is -5.72. The minimum absolute atomic E-state index is 0.0544. The van der Waals surface area contributed by atoms with Crippen LogP contribution in [0.3, 0.4) is 0 Å². The van der Waals surface area contributed by atoms with Crippen molar-refractivity contribution in [3.05, 3.63) is 179 Å². The Kier molecular flexibility index (Phi) is 6.50. The van der Waals surface area contributed by atoms with Gasteiger partial charge < -0.3 is 0 Å². The molecule has 0 amide bonds. The van der Waals surface area contributed by atoms with Gasteiger partial charge >= 0.3 is 0 Å². The van der Waals surface area contributed by atoms with Crippen LogP contribution in [0.25, 0.3) is 77.2 Å². The molecule has 8 aromatic carbocycles. The van der Waals surface area contributed by atoms with Crippen LogP contribution in [0.4, 0.5) is 0 Å². The van der Waals surface area contributed by atoms with Crippen molar-refractivity contribution in [3.8, 4) is 55.6 Å². The molecule has 0 fully saturated rings. The molecule has 2 aliphatic carbocycles. The Morgan fingerprint density at radius 1 is 0.308 bits per heavy atom. The van der Waals surface area contributed by atoms with E-state index in [1.54, 1.807) is 0 Å². The summed E-state index contributed by atoms with van der Waals surface area (Å²) in [6.45, 7) is 13.9. The third-order valence-electron chi connectivity index (χ3n) is 12.3. The molecule has 0 aromatic heterocycles. The molecule has 0 heteroatoms. The Bertz CT molecular complexity index is 2780. The molecule has 2 aliphatic rings. The van der Waals surface area contributed by atoms with Crippen LogP contribution in [-0.2, 0) is 10.8 Å². The molecule has 0 aliphatic heterocycles. The first-order valence-corrected chi connectivity index (χ1v) is 18.7. The highest BCUT2D eigenvalue weighted by Crippen LogP contribution is 2.55. The molecule has 0 atom stereocenters. The van der Waals surface area contributed by atoms with E-state index >= 15 is 0 Å². The summed E-state index contributed by atoms with van der Waals surface area (Å²) < 4.78 is 0. The second-order valence-electron chi connectivity index (χ2n) is 16.3. The van der Waals surface area contributed by atoms with Crippen molar-refractivity contribution in [2.75, 3.05) is 0 Å². The maximum atomic E-state index is 2.49. The molecule has 0 nitrogen and oxygen atoms in total. The minimum Gasteiger partial charge on any atom is -0.0619 e. The average Bonchev–Trinajstić information content (AvgIpc) is 3.53. The van der Waals surface area contributed by atoms with E-state index in [9.17, 15) is 0 Å². The van der Waals surface area contributed by atoms with Crippen LogP contribution in [-0.4, -0.2) is 0 Å². The third-order valence-corrected chi connectivity index (χ3v) is 12.3. The molecule has 250 valence electrons. The number of hydrogen-bond donors (Lipinski definition) is 0. The second kappa shape index (κ2) is 10.9. The lowest BCUT2D eigenvalue weighted by Gasteiger charge is -2.23. The fourth-order valence-electron chi connectivity index (χ4n) is 9.92. The quantitative estimate of drug-likeness (QED) is 0.165. The minimum atomic E-state index is -0.0769. The van der Waals surface area contributed by atoms with E-state index in [0.29, 0.717) is 0 Å². The Morgan fingerprint density at radius 2 is 0.827 bits per heavy atom. The molecule has 52 heavy (non-hydrogen) atoms. The summed E-state index contributed by atoms with van der Waals surface area (Å²) in [4.78, 5) is 0. The molecule has 10 rings (SSSR count). The zero-order chi connectivity index (χ0) is 35.5. The highest BCUT2D eigenvalue weighted by atomic mass is 14.4. The summed E-state index contributed by atoms with van der Waals surface area (Å²) in [6, 6.07) is 55.5. The van der Waals surface area contributed by atoms with Crippen LogP contribution in [0.5, 0.6) is 0 Å². The van der Waals surface area contributed by atoms with Crippen molar-refractivity contribution in [1.29, 1.82) is 0 Å². The van der Waals surface area contributed by atoms with Crippen molar-refractivity contribution >= 4 is 21.5 Å². The van der Waals surface area contributed by atoms with Gasteiger partial charge in [-0.15, -0.1) is 0 Å². The summed E-state index contributed by atoms with van der Waals surface area (Å²) >= 11 is 0. The predicted molar refractivity (Wildman–Crippen MR) is 222 cm³/mol. The summed E-state index contributed by atoms with van der Waals surface area (Å²) in [7, 11) is 0. The van der Waals surface area contributed by atoms with Crippen LogP contribution in [0, 0.1) is 13.8 Å². The fourth-order valence-corrected chi connectivity index (χ4v) is 9.92. The van der Waals surface area contributed by atoms with Gasteiger partial charge in [-0.2, -0.15) is 0 Å². The maximum absolute atomic E-state index is 2.49.